The molecule has 3 heterocycles. The van der Waals surface area contributed by atoms with Crippen molar-refractivity contribution < 1.29 is 4.79 Å². The highest BCUT2D eigenvalue weighted by Gasteiger charge is 2.33. The van der Waals surface area contributed by atoms with E-state index in [1.54, 1.807) is 0 Å². The molecule has 1 aliphatic carbocycles. The van der Waals surface area contributed by atoms with Crippen LogP contribution in [0, 0.1) is 0 Å². The maximum atomic E-state index is 13.1. The van der Waals surface area contributed by atoms with Gasteiger partial charge in [0.25, 0.3) is 5.91 Å². The first-order chi connectivity index (χ1) is 13.8. The third-order valence-corrected chi connectivity index (χ3v) is 7.50. The first-order valence-corrected chi connectivity index (χ1v) is 11.6. The van der Waals surface area contributed by atoms with Crippen LogP contribution in [-0.4, -0.2) is 47.9 Å². The van der Waals surface area contributed by atoms with E-state index in [1.807, 2.05) is 11.3 Å². The minimum absolute atomic E-state index is 0.264. The van der Waals surface area contributed by atoms with E-state index in [0.29, 0.717) is 6.04 Å². The van der Waals surface area contributed by atoms with Crippen LogP contribution in [0.3, 0.4) is 0 Å². The van der Waals surface area contributed by atoms with Crippen LogP contribution in [0.5, 0.6) is 0 Å². The van der Waals surface area contributed by atoms with Gasteiger partial charge in [0.05, 0.1) is 0 Å². The highest BCUT2D eigenvalue weighted by molar-refractivity contribution is 7.09. The van der Waals surface area contributed by atoms with Gasteiger partial charge in [-0.1, -0.05) is 31.4 Å². The maximum Gasteiger partial charge on any atom is 0.254 e. The van der Waals surface area contributed by atoms with Crippen LogP contribution in [0.25, 0.3) is 0 Å². The Bertz CT molecular complexity index is 820. The summed E-state index contributed by atoms with van der Waals surface area (Å²) < 4.78 is 0. The largest absolute Gasteiger partial charge is 0.369 e. The Kier molecular flexibility index (Phi) is 5.12. The summed E-state index contributed by atoms with van der Waals surface area (Å²) in [5.41, 5.74) is 3.38. The number of hydrogen-bond donors (Lipinski definition) is 0. The van der Waals surface area contributed by atoms with Gasteiger partial charge in [-0.05, 0) is 42.0 Å². The summed E-state index contributed by atoms with van der Waals surface area (Å²) in [5, 5.41) is 2.16. The second kappa shape index (κ2) is 7.88. The maximum absolute atomic E-state index is 13.1. The molecule has 1 saturated carbocycles. The molecule has 5 rings (SSSR count). The number of benzene rings is 1. The normalized spacial score (nSPS) is 21.4. The molecule has 0 unspecified atom stereocenters. The van der Waals surface area contributed by atoms with Crippen molar-refractivity contribution in [2.45, 2.75) is 51.2 Å². The van der Waals surface area contributed by atoms with E-state index in [0.717, 1.165) is 44.8 Å². The first kappa shape index (κ1) is 18.2. The van der Waals surface area contributed by atoms with Crippen LogP contribution < -0.4 is 4.90 Å². The van der Waals surface area contributed by atoms with Crippen LogP contribution in [0.1, 0.15) is 52.9 Å². The van der Waals surface area contributed by atoms with E-state index in [2.05, 4.69) is 50.4 Å². The summed E-state index contributed by atoms with van der Waals surface area (Å²) in [4.78, 5) is 21.6. The van der Waals surface area contributed by atoms with Crippen LogP contribution in [-0.2, 0) is 13.1 Å². The molecule has 0 radical (unpaired) electrons. The Morgan fingerprint density at radius 1 is 1.00 bits per heavy atom. The van der Waals surface area contributed by atoms with Gasteiger partial charge >= 0.3 is 0 Å². The average Bonchev–Trinajstić information content (AvgIpc) is 3.37. The number of piperazine rings is 1. The molecule has 1 aromatic heterocycles. The van der Waals surface area contributed by atoms with Gasteiger partial charge in [-0.3, -0.25) is 9.69 Å². The molecule has 2 aromatic rings. The van der Waals surface area contributed by atoms with E-state index in [1.165, 1.54) is 48.2 Å². The number of hydrogen-bond acceptors (Lipinski definition) is 4. The zero-order valence-corrected chi connectivity index (χ0v) is 17.3. The van der Waals surface area contributed by atoms with E-state index >= 15 is 0 Å². The van der Waals surface area contributed by atoms with Gasteiger partial charge in [-0.2, -0.15) is 0 Å². The van der Waals surface area contributed by atoms with Crippen molar-refractivity contribution in [3.63, 3.8) is 0 Å². The lowest BCUT2D eigenvalue weighted by Crippen LogP contribution is -2.45. The molecule has 28 heavy (non-hydrogen) atoms. The predicted molar refractivity (Wildman–Crippen MR) is 115 cm³/mol. The van der Waals surface area contributed by atoms with Gasteiger partial charge in [-0.15, -0.1) is 11.3 Å². The Labute approximate surface area is 171 Å². The lowest BCUT2D eigenvalue weighted by molar-refractivity contribution is 0.0660. The molecule has 3 aliphatic rings. The summed E-state index contributed by atoms with van der Waals surface area (Å²) in [6.45, 7) is 6.10. The number of fused-ring (bicyclic) bond motifs is 1. The molecule has 148 valence electrons. The van der Waals surface area contributed by atoms with Crippen LogP contribution in [0.2, 0.25) is 0 Å². The highest BCUT2D eigenvalue weighted by Crippen LogP contribution is 2.33. The Hall–Kier alpha value is -1.85. The van der Waals surface area contributed by atoms with E-state index in [4.69, 9.17) is 0 Å². The van der Waals surface area contributed by atoms with Crippen molar-refractivity contribution in [3.8, 4) is 0 Å². The van der Waals surface area contributed by atoms with Crippen molar-refractivity contribution >= 4 is 22.9 Å². The molecule has 0 N–H and O–H groups in total. The first-order valence-electron chi connectivity index (χ1n) is 10.7. The Morgan fingerprint density at radius 3 is 2.57 bits per heavy atom. The van der Waals surface area contributed by atoms with Crippen molar-refractivity contribution in [2.24, 2.45) is 0 Å². The molecular formula is C23H29N3OS. The molecular weight excluding hydrogens is 366 g/mol. The molecule has 2 aliphatic heterocycles. The van der Waals surface area contributed by atoms with Crippen LogP contribution in [0.15, 0.2) is 35.7 Å². The molecule has 2 fully saturated rings. The summed E-state index contributed by atoms with van der Waals surface area (Å²) in [6, 6.07) is 11.4. The van der Waals surface area contributed by atoms with Crippen molar-refractivity contribution in [1.29, 1.82) is 0 Å². The van der Waals surface area contributed by atoms with E-state index < -0.39 is 0 Å². The molecule has 0 spiro atoms. The molecule has 0 atom stereocenters. The van der Waals surface area contributed by atoms with Crippen LogP contribution in [0.4, 0.5) is 5.69 Å². The van der Waals surface area contributed by atoms with Gasteiger partial charge in [0.2, 0.25) is 0 Å². The van der Waals surface area contributed by atoms with Crippen molar-refractivity contribution in [3.05, 3.63) is 51.7 Å². The molecule has 5 heteroatoms. The molecule has 1 amide bonds. The van der Waals surface area contributed by atoms with Gasteiger partial charge in [0.1, 0.15) is 0 Å². The number of thiophene rings is 1. The second-order valence-corrected chi connectivity index (χ2v) is 9.44. The molecule has 1 saturated heterocycles. The SMILES string of the molecule is O=C1c2cc(N3CCN(Cc4cccs4)CC3)ccc2CN1C1CCCCC1. The summed E-state index contributed by atoms with van der Waals surface area (Å²) in [6.07, 6.45) is 6.23. The fraction of sp³-hybridized carbons (Fsp3) is 0.522. The number of carbonyl (C=O) groups is 1. The van der Waals surface area contributed by atoms with Crippen molar-refractivity contribution in [2.75, 3.05) is 31.1 Å². The number of anilines is 1. The number of carbonyl (C=O) groups excluding carboxylic acids is 1. The quantitative estimate of drug-likeness (QED) is 0.770. The van der Waals surface area contributed by atoms with Crippen LogP contribution >= 0.6 is 11.3 Å². The summed E-state index contributed by atoms with van der Waals surface area (Å²) in [7, 11) is 0. The minimum atomic E-state index is 0.264. The Morgan fingerprint density at radius 2 is 1.82 bits per heavy atom. The smallest absolute Gasteiger partial charge is 0.254 e. The van der Waals surface area contributed by atoms with Gasteiger partial charge in [0, 0.05) is 61.4 Å². The zero-order valence-electron chi connectivity index (χ0n) is 16.5. The van der Waals surface area contributed by atoms with Gasteiger partial charge in [-0.25, -0.2) is 0 Å². The number of nitrogens with zero attached hydrogens (tertiary/aromatic N) is 3. The van der Waals surface area contributed by atoms with E-state index in [9.17, 15) is 4.79 Å². The lowest BCUT2D eigenvalue weighted by atomic mass is 9.94. The lowest BCUT2D eigenvalue weighted by Gasteiger charge is -2.36. The standard InChI is InChI=1S/C23H29N3OS/c27-23-22-15-20(9-8-18(22)16-26(23)19-5-2-1-3-6-19)25-12-10-24(11-13-25)17-21-7-4-14-28-21/h4,7-9,14-15,19H,1-3,5-6,10-13,16-17H2. The fourth-order valence-corrected chi connectivity index (χ4v) is 5.73. The molecule has 0 bridgehead atoms. The van der Waals surface area contributed by atoms with E-state index in [-0.39, 0.29) is 5.91 Å². The minimum Gasteiger partial charge on any atom is -0.369 e. The monoisotopic (exact) mass is 395 g/mol. The average molecular weight is 396 g/mol. The third-order valence-electron chi connectivity index (χ3n) is 6.64. The number of rotatable bonds is 4. The zero-order chi connectivity index (χ0) is 18.9. The topological polar surface area (TPSA) is 26.8 Å². The molecule has 4 nitrogen and oxygen atoms in total. The predicted octanol–water partition coefficient (Wildman–Crippen LogP) is 4.36. The highest BCUT2D eigenvalue weighted by atomic mass is 32.1. The summed E-state index contributed by atoms with van der Waals surface area (Å²) in [5.74, 6) is 0.264. The number of amides is 1. The second-order valence-electron chi connectivity index (χ2n) is 8.41. The Balaban J connectivity index is 1.24. The molecule has 1 aromatic carbocycles. The third kappa shape index (κ3) is 3.58. The fourth-order valence-electron chi connectivity index (χ4n) is 4.98. The van der Waals surface area contributed by atoms with Gasteiger partial charge in [0.15, 0.2) is 0 Å². The van der Waals surface area contributed by atoms with Crippen molar-refractivity contribution in [1.82, 2.24) is 9.80 Å². The summed E-state index contributed by atoms with van der Waals surface area (Å²) >= 11 is 1.84. The van der Waals surface area contributed by atoms with Gasteiger partial charge < -0.3 is 9.80 Å².